The van der Waals surface area contributed by atoms with Gasteiger partial charge in [0.1, 0.15) is 5.75 Å². The van der Waals surface area contributed by atoms with E-state index in [-0.39, 0.29) is 24.6 Å². The first-order chi connectivity index (χ1) is 10.5. The smallest absolute Gasteiger partial charge is 0.387 e. The molecule has 0 radical (unpaired) electrons. The van der Waals surface area contributed by atoms with Crippen molar-refractivity contribution in [1.29, 1.82) is 0 Å². The molecule has 1 heterocycles. The Balaban J connectivity index is 2.04. The number of piperidine rings is 1. The summed E-state index contributed by atoms with van der Waals surface area (Å²) in [6.45, 7) is -2.31. The first-order valence-electron chi connectivity index (χ1n) is 7.00. The maximum atomic E-state index is 12.3. The molecular formula is C15H17F2NO4. The van der Waals surface area contributed by atoms with Crippen LogP contribution in [0.5, 0.6) is 5.75 Å². The number of halogens is 2. The van der Waals surface area contributed by atoms with Crippen LogP contribution in [0.3, 0.4) is 0 Å². The van der Waals surface area contributed by atoms with E-state index in [9.17, 15) is 18.4 Å². The number of hydrogen-bond donors (Lipinski definition) is 1. The molecule has 7 heteroatoms. The van der Waals surface area contributed by atoms with Crippen LogP contribution in [0.15, 0.2) is 24.3 Å². The third kappa shape index (κ3) is 4.16. The monoisotopic (exact) mass is 313 g/mol. The van der Waals surface area contributed by atoms with E-state index in [0.717, 1.165) is 0 Å². The predicted octanol–water partition coefficient (Wildman–Crippen LogP) is 2.15. The number of carbonyl (C=O) groups excluding carboxylic acids is 1. The number of carboxylic acids is 1. The maximum Gasteiger partial charge on any atom is 0.387 e. The van der Waals surface area contributed by atoms with Crippen molar-refractivity contribution in [2.24, 2.45) is 5.92 Å². The third-order valence-corrected chi connectivity index (χ3v) is 3.65. The SMILES string of the molecule is O=C(O)[C@H]1CCCN(C(=O)Cc2ccccc2OC(F)F)C1. The number of ether oxygens (including phenoxy) is 1. The maximum absolute atomic E-state index is 12.3. The highest BCUT2D eigenvalue weighted by molar-refractivity contribution is 5.80. The summed E-state index contributed by atoms with van der Waals surface area (Å²) >= 11 is 0. The average Bonchev–Trinajstić information content (AvgIpc) is 2.49. The number of aliphatic carboxylic acids is 1. The van der Waals surface area contributed by atoms with E-state index in [4.69, 9.17) is 5.11 Å². The highest BCUT2D eigenvalue weighted by atomic mass is 19.3. The van der Waals surface area contributed by atoms with Gasteiger partial charge in [-0.1, -0.05) is 18.2 Å². The number of benzene rings is 1. The Morgan fingerprint density at radius 2 is 2.09 bits per heavy atom. The molecule has 0 aromatic heterocycles. The fourth-order valence-corrected chi connectivity index (χ4v) is 2.54. The molecule has 0 spiro atoms. The summed E-state index contributed by atoms with van der Waals surface area (Å²) in [5.41, 5.74) is 0.366. The van der Waals surface area contributed by atoms with Crippen LogP contribution in [-0.4, -0.2) is 41.6 Å². The number of carboxylic acid groups (broad SMARTS) is 1. The van der Waals surface area contributed by atoms with Gasteiger partial charge in [-0.3, -0.25) is 9.59 Å². The van der Waals surface area contributed by atoms with Crippen LogP contribution >= 0.6 is 0 Å². The van der Waals surface area contributed by atoms with E-state index in [1.54, 1.807) is 18.2 Å². The molecule has 1 aliphatic heterocycles. The minimum Gasteiger partial charge on any atom is -0.481 e. The fraction of sp³-hybridized carbons (Fsp3) is 0.467. The number of para-hydroxylation sites is 1. The molecule has 1 aliphatic rings. The summed E-state index contributed by atoms with van der Waals surface area (Å²) in [5, 5.41) is 9.03. The first kappa shape index (κ1) is 16.2. The topological polar surface area (TPSA) is 66.8 Å². The quantitative estimate of drug-likeness (QED) is 0.904. The zero-order valence-electron chi connectivity index (χ0n) is 11.9. The van der Waals surface area contributed by atoms with Gasteiger partial charge in [0.25, 0.3) is 0 Å². The fourth-order valence-electron chi connectivity index (χ4n) is 2.54. The lowest BCUT2D eigenvalue weighted by Gasteiger charge is -2.31. The Labute approximate surface area is 126 Å². The molecule has 1 N–H and O–H groups in total. The molecule has 2 rings (SSSR count). The number of rotatable bonds is 5. The van der Waals surface area contributed by atoms with Gasteiger partial charge in [0.2, 0.25) is 5.91 Å². The Morgan fingerprint density at radius 3 is 2.77 bits per heavy atom. The number of carbonyl (C=O) groups is 2. The predicted molar refractivity (Wildman–Crippen MR) is 73.7 cm³/mol. The van der Waals surface area contributed by atoms with Crippen LogP contribution < -0.4 is 4.74 Å². The Kier molecular flexibility index (Phi) is 5.30. The van der Waals surface area contributed by atoms with E-state index in [1.165, 1.54) is 11.0 Å². The van der Waals surface area contributed by atoms with Crippen molar-refractivity contribution in [3.8, 4) is 5.75 Å². The normalized spacial score (nSPS) is 18.3. The number of nitrogens with zero attached hydrogens (tertiary/aromatic N) is 1. The van der Waals surface area contributed by atoms with Gasteiger partial charge in [0.15, 0.2) is 0 Å². The molecule has 0 saturated carbocycles. The van der Waals surface area contributed by atoms with Crippen molar-refractivity contribution in [3.63, 3.8) is 0 Å². The van der Waals surface area contributed by atoms with E-state index in [0.29, 0.717) is 24.9 Å². The van der Waals surface area contributed by atoms with Crippen LogP contribution in [0, 0.1) is 5.92 Å². The Hall–Kier alpha value is -2.18. The number of amides is 1. The zero-order valence-corrected chi connectivity index (χ0v) is 11.9. The molecule has 1 aromatic carbocycles. The number of alkyl halides is 2. The van der Waals surface area contributed by atoms with Crippen molar-refractivity contribution in [2.45, 2.75) is 25.9 Å². The first-order valence-corrected chi connectivity index (χ1v) is 7.00. The van der Waals surface area contributed by atoms with Crippen molar-refractivity contribution in [3.05, 3.63) is 29.8 Å². The number of hydrogen-bond acceptors (Lipinski definition) is 3. The molecule has 0 aliphatic carbocycles. The third-order valence-electron chi connectivity index (χ3n) is 3.65. The Bertz CT molecular complexity index is 550. The number of likely N-dealkylation sites (tertiary alicyclic amines) is 1. The molecule has 120 valence electrons. The summed E-state index contributed by atoms with van der Waals surface area (Å²) in [4.78, 5) is 24.8. The Morgan fingerprint density at radius 1 is 1.36 bits per heavy atom. The molecule has 22 heavy (non-hydrogen) atoms. The van der Waals surface area contributed by atoms with Gasteiger partial charge in [-0.2, -0.15) is 8.78 Å². The van der Waals surface area contributed by atoms with Gasteiger partial charge in [-0.25, -0.2) is 0 Å². The molecule has 5 nitrogen and oxygen atoms in total. The second kappa shape index (κ2) is 7.20. The second-order valence-corrected chi connectivity index (χ2v) is 5.18. The average molecular weight is 313 g/mol. The van der Waals surface area contributed by atoms with Gasteiger partial charge in [-0.05, 0) is 18.9 Å². The van der Waals surface area contributed by atoms with Gasteiger partial charge < -0.3 is 14.7 Å². The van der Waals surface area contributed by atoms with Gasteiger partial charge in [0, 0.05) is 18.7 Å². The van der Waals surface area contributed by atoms with E-state index in [2.05, 4.69) is 4.74 Å². The van der Waals surface area contributed by atoms with Gasteiger partial charge in [-0.15, -0.1) is 0 Å². The highest BCUT2D eigenvalue weighted by Gasteiger charge is 2.28. The molecule has 0 unspecified atom stereocenters. The van der Waals surface area contributed by atoms with Crippen LogP contribution in [0.2, 0.25) is 0 Å². The van der Waals surface area contributed by atoms with Crippen LogP contribution in [0.4, 0.5) is 8.78 Å². The molecule has 1 saturated heterocycles. The minimum atomic E-state index is -2.96. The molecule has 0 bridgehead atoms. The minimum absolute atomic E-state index is 0.0300. The van der Waals surface area contributed by atoms with Crippen molar-refractivity contribution in [2.75, 3.05) is 13.1 Å². The van der Waals surface area contributed by atoms with E-state index < -0.39 is 18.5 Å². The summed E-state index contributed by atoms with van der Waals surface area (Å²) < 4.78 is 29.1. The second-order valence-electron chi connectivity index (χ2n) is 5.18. The largest absolute Gasteiger partial charge is 0.481 e. The van der Waals surface area contributed by atoms with Crippen LogP contribution in [0.25, 0.3) is 0 Å². The molecule has 1 aromatic rings. The molecular weight excluding hydrogens is 296 g/mol. The summed E-state index contributed by atoms with van der Waals surface area (Å²) in [6.07, 6.45) is 1.08. The van der Waals surface area contributed by atoms with E-state index >= 15 is 0 Å². The van der Waals surface area contributed by atoms with Crippen molar-refractivity contribution < 1.29 is 28.2 Å². The molecule has 1 atom stereocenters. The summed E-state index contributed by atoms with van der Waals surface area (Å²) in [6, 6.07) is 6.11. The van der Waals surface area contributed by atoms with Crippen LogP contribution in [0.1, 0.15) is 18.4 Å². The van der Waals surface area contributed by atoms with Crippen molar-refractivity contribution >= 4 is 11.9 Å². The lowest BCUT2D eigenvalue weighted by Crippen LogP contribution is -2.43. The highest BCUT2D eigenvalue weighted by Crippen LogP contribution is 2.23. The summed E-state index contributed by atoms with van der Waals surface area (Å²) in [5.74, 6) is -1.79. The van der Waals surface area contributed by atoms with Gasteiger partial charge >= 0.3 is 12.6 Å². The standard InChI is InChI=1S/C15H17F2NO4/c16-15(17)22-12-6-2-1-4-10(12)8-13(19)18-7-3-5-11(9-18)14(20)21/h1-2,4,6,11,15H,3,5,7-9H2,(H,20,21)/t11-/m0/s1. The van der Waals surface area contributed by atoms with Crippen molar-refractivity contribution in [1.82, 2.24) is 4.90 Å². The summed E-state index contributed by atoms with van der Waals surface area (Å²) in [7, 11) is 0. The molecule has 1 fully saturated rings. The lowest BCUT2D eigenvalue weighted by molar-refractivity contribution is -0.145. The lowest BCUT2D eigenvalue weighted by atomic mass is 9.97. The molecule has 1 amide bonds. The van der Waals surface area contributed by atoms with E-state index in [1.807, 2.05) is 0 Å². The van der Waals surface area contributed by atoms with Gasteiger partial charge in [0.05, 0.1) is 12.3 Å². The zero-order chi connectivity index (χ0) is 16.1. The van der Waals surface area contributed by atoms with Crippen LogP contribution in [-0.2, 0) is 16.0 Å².